The summed E-state index contributed by atoms with van der Waals surface area (Å²) in [6.07, 6.45) is 1.60. The number of carbonyl (C=O) groups is 2. The van der Waals surface area contributed by atoms with Crippen LogP contribution in [0.2, 0.25) is 0 Å². The van der Waals surface area contributed by atoms with Gasteiger partial charge in [-0.2, -0.15) is 0 Å². The van der Waals surface area contributed by atoms with Gasteiger partial charge in [0.2, 0.25) is 5.91 Å². The smallest absolute Gasteiger partial charge is 0.290 e. The van der Waals surface area contributed by atoms with Gasteiger partial charge in [-0.1, -0.05) is 32.9 Å². The number of para-hydroxylation sites is 2. The quantitative estimate of drug-likeness (QED) is 0.694. The number of aryl methyl sites for hydroxylation is 1. The van der Waals surface area contributed by atoms with E-state index in [0.29, 0.717) is 64.1 Å². The number of amides is 2. The van der Waals surface area contributed by atoms with Crippen LogP contribution >= 0.6 is 0 Å². The second-order valence-electron chi connectivity index (χ2n) is 9.61. The molecule has 4 rings (SSSR count). The molecule has 2 aliphatic rings. The first kappa shape index (κ1) is 23.7. The van der Waals surface area contributed by atoms with Crippen LogP contribution in [0.5, 0.6) is 0 Å². The number of fused-ring (bicyclic) bond motifs is 1. The predicted molar refractivity (Wildman–Crippen MR) is 128 cm³/mol. The van der Waals surface area contributed by atoms with Crippen LogP contribution in [0.3, 0.4) is 0 Å². The van der Waals surface area contributed by atoms with E-state index in [4.69, 9.17) is 9.72 Å². The van der Waals surface area contributed by atoms with E-state index in [9.17, 15) is 9.59 Å². The van der Waals surface area contributed by atoms with Crippen molar-refractivity contribution < 1.29 is 14.3 Å². The summed E-state index contributed by atoms with van der Waals surface area (Å²) in [5.74, 6) is 0.817. The lowest BCUT2D eigenvalue weighted by molar-refractivity contribution is -0.140. The second-order valence-corrected chi connectivity index (χ2v) is 9.61. The molecule has 2 fully saturated rings. The average molecular weight is 456 g/mol. The SMILES string of the molecule is CCCn1c(C(=O)N(CC(C)C)[C@@H]2CNC[C@H](C(=O)N3CCOCC3)C2)nc2ccccc21. The lowest BCUT2D eigenvalue weighted by Gasteiger charge is -2.40. The summed E-state index contributed by atoms with van der Waals surface area (Å²) in [7, 11) is 0. The molecule has 0 bridgehead atoms. The number of benzene rings is 1. The highest BCUT2D eigenvalue weighted by Crippen LogP contribution is 2.24. The van der Waals surface area contributed by atoms with Gasteiger partial charge < -0.3 is 24.4 Å². The number of morpholine rings is 1. The minimum absolute atomic E-state index is 0.0420. The molecular weight excluding hydrogens is 418 g/mol. The summed E-state index contributed by atoms with van der Waals surface area (Å²) in [6, 6.07) is 7.89. The fourth-order valence-corrected chi connectivity index (χ4v) is 5.00. The zero-order chi connectivity index (χ0) is 23.4. The topological polar surface area (TPSA) is 79.7 Å². The van der Waals surface area contributed by atoms with Crippen molar-refractivity contribution in [2.45, 2.75) is 46.2 Å². The highest BCUT2D eigenvalue weighted by atomic mass is 16.5. The second kappa shape index (κ2) is 10.7. The molecule has 0 aliphatic carbocycles. The zero-order valence-corrected chi connectivity index (χ0v) is 20.1. The van der Waals surface area contributed by atoms with Gasteiger partial charge in [-0.25, -0.2) is 4.98 Å². The van der Waals surface area contributed by atoms with Gasteiger partial charge >= 0.3 is 0 Å². The number of aromatic nitrogens is 2. The van der Waals surface area contributed by atoms with Gasteiger partial charge in [0.15, 0.2) is 5.82 Å². The van der Waals surface area contributed by atoms with Crippen LogP contribution in [0, 0.1) is 11.8 Å². The normalized spacial score (nSPS) is 21.5. The van der Waals surface area contributed by atoms with E-state index in [0.717, 1.165) is 24.0 Å². The molecule has 8 nitrogen and oxygen atoms in total. The predicted octanol–water partition coefficient (Wildman–Crippen LogP) is 2.38. The number of nitrogens with zero attached hydrogens (tertiary/aromatic N) is 4. The molecule has 2 saturated heterocycles. The molecule has 2 aromatic rings. The molecule has 8 heteroatoms. The first-order chi connectivity index (χ1) is 16.0. The lowest BCUT2D eigenvalue weighted by Crippen LogP contribution is -2.56. The average Bonchev–Trinajstić information content (AvgIpc) is 3.21. The number of nitrogens with one attached hydrogen (secondary N) is 1. The van der Waals surface area contributed by atoms with E-state index < -0.39 is 0 Å². The van der Waals surface area contributed by atoms with E-state index in [1.165, 1.54) is 0 Å². The van der Waals surface area contributed by atoms with Crippen LogP contribution in [-0.4, -0.2) is 83.1 Å². The number of piperidine rings is 1. The molecule has 2 amide bonds. The van der Waals surface area contributed by atoms with Crippen LogP contribution < -0.4 is 5.32 Å². The molecule has 0 saturated carbocycles. The molecule has 1 aromatic heterocycles. The Kier molecular flexibility index (Phi) is 7.65. The van der Waals surface area contributed by atoms with Gasteiger partial charge in [-0.15, -0.1) is 0 Å². The van der Waals surface area contributed by atoms with Crippen LogP contribution in [0.1, 0.15) is 44.2 Å². The molecule has 0 unspecified atom stereocenters. The minimum atomic E-state index is -0.126. The minimum Gasteiger partial charge on any atom is -0.378 e. The lowest BCUT2D eigenvalue weighted by atomic mass is 9.92. The summed E-state index contributed by atoms with van der Waals surface area (Å²) >= 11 is 0. The van der Waals surface area contributed by atoms with Crippen molar-refractivity contribution in [3.63, 3.8) is 0 Å². The molecule has 1 N–H and O–H groups in total. The standard InChI is InChI=1S/C25H37N5O3/c1-4-9-29-22-8-6-5-7-21(22)27-23(29)25(32)30(17-18(2)3)20-14-19(15-26-16-20)24(31)28-10-12-33-13-11-28/h5-8,18-20,26H,4,9-17H2,1-3H3/t19-,20+/m1/s1. The maximum atomic E-state index is 13.9. The Morgan fingerprint density at radius 1 is 1.21 bits per heavy atom. The van der Waals surface area contributed by atoms with Gasteiger partial charge in [-0.3, -0.25) is 9.59 Å². The van der Waals surface area contributed by atoms with Gasteiger partial charge in [0, 0.05) is 45.3 Å². The van der Waals surface area contributed by atoms with Crippen molar-refractivity contribution in [2.75, 3.05) is 45.9 Å². The van der Waals surface area contributed by atoms with E-state index >= 15 is 0 Å². The molecule has 2 aliphatic heterocycles. The Balaban J connectivity index is 1.59. The van der Waals surface area contributed by atoms with Crippen LogP contribution in [0.4, 0.5) is 0 Å². The summed E-state index contributed by atoms with van der Waals surface area (Å²) in [5.41, 5.74) is 1.84. The molecular formula is C25H37N5O3. The Morgan fingerprint density at radius 3 is 2.70 bits per heavy atom. The first-order valence-corrected chi connectivity index (χ1v) is 12.3. The molecule has 0 radical (unpaired) electrons. The van der Waals surface area contributed by atoms with Crippen molar-refractivity contribution in [3.8, 4) is 0 Å². The molecule has 33 heavy (non-hydrogen) atoms. The van der Waals surface area contributed by atoms with Crippen LogP contribution in [-0.2, 0) is 16.1 Å². The Bertz CT molecular complexity index is 966. The van der Waals surface area contributed by atoms with Crippen molar-refractivity contribution >= 4 is 22.8 Å². The van der Waals surface area contributed by atoms with Crippen molar-refractivity contribution in [1.82, 2.24) is 24.7 Å². The van der Waals surface area contributed by atoms with Crippen molar-refractivity contribution in [1.29, 1.82) is 0 Å². The summed E-state index contributed by atoms with van der Waals surface area (Å²) < 4.78 is 7.46. The number of imidazole rings is 1. The van der Waals surface area contributed by atoms with Crippen LogP contribution in [0.25, 0.3) is 11.0 Å². The summed E-state index contributed by atoms with van der Waals surface area (Å²) in [6.45, 7) is 11.6. The van der Waals surface area contributed by atoms with E-state index in [1.54, 1.807) is 0 Å². The number of hydrogen-bond donors (Lipinski definition) is 1. The van der Waals surface area contributed by atoms with E-state index in [2.05, 4.69) is 30.7 Å². The highest BCUT2D eigenvalue weighted by molar-refractivity contribution is 5.95. The highest BCUT2D eigenvalue weighted by Gasteiger charge is 2.36. The third-order valence-corrected chi connectivity index (χ3v) is 6.56. The Hall–Kier alpha value is -2.45. The first-order valence-electron chi connectivity index (χ1n) is 12.3. The van der Waals surface area contributed by atoms with Crippen molar-refractivity contribution in [2.24, 2.45) is 11.8 Å². The fraction of sp³-hybridized carbons (Fsp3) is 0.640. The maximum absolute atomic E-state index is 13.9. The molecule has 0 spiro atoms. The van der Waals surface area contributed by atoms with E-state index in [-0.39, 0.29) is 23.8 Å². The molecule has 1 aromatic carbocycles. The van der Waals surface area contributed by atoms with Gasteiger partial charge in [0.25, 0.3) is 5.91 Å². The monoisotopic (exact) mass is 455 g/mol. The van der Waals surface area contributed by atoms with Crippen LogP contribution in [0.15, 0.2) is 24.3 Å². The third kappa shape index (κ3) is 5.22. The largest absolute Gasteiger partial charge is 0.378 e. The molecule has 180 valence electrons. The summed E-state index contributed by atoms with van der Waals surface area (Å²) in [4.78, 5) is 35.7. The van der Waals surface area contributed by atoms with Gasteiger partial charge in [0.1, 0.15) is 0 Å². The number of hydrogen-bond acceptors (Lipinski definition) is 5. The van der Waals surface area contributed by atoms with Crippen molar-refractivity contribution in [3.05, 3.63) is 30.1 Å². The maximum Gasteiger partial charge on any atom is 0.290 e. The van der Waals surface area contributed by atoms with E-state index in [1.807, 2.05) is 34.1 Å². The third-order valence-electron chi connectivity index (χ3n) is 6.56. The number of ether oxygens (including phenoxy) is 1. The number of rotatable bonds is 7. The number of carbonyl (C=O) groups excluding carboxylic acids is 2. The zero-order valence-electron chi connectivity index (χ0n) is 20.1. The summed E-state index contributed by atoms with van der Waals surface area (Å²) in [5, 5.41) is 3.43. The van der Waals surface area contributed by atoms with Gasteiger partial charge in [0.05, 0.1) is 30.2 Å². The molecule has 3 heterocycles. The van der Waals surface area contributed by atoms with Gasteiger partial charge in [-0.05, 0) is 30.9 Å². The molecule has 2 atom stereocenters. The Labute approximate surface area is 196 Å². The fourth-order valence-electron chi connectivity index (χ4n) is 5.00. The Morgan fingerprint density at radius 2 is 1.97 bits per heavy atom.